The summed E-state index contributed by atoms with van der Waals surface area (Å²) in [5.41, 5.74) is 4.82. The number of fused-ring (bicyclic) bond motifs is 1. The molecule has 0 spiro atoms. The second kappa shape index (κ2) is 8.99. The predicted molar refractivity (Wildman–Crippen MR) is 123 cm³/mol. The lowest BCUT2D eigenvalue weighted by atomic mass is 9.81. The van der Waals surface area contributed by atoms with Gasteiger partial charge in [-0.05, 0) is 49.4 Å². The third-order valence-corrected chi connectivity index (χ3v) is 6.59. The lowest BCUT2D eigenvalue weighted by Gasteiger charge is -2.32. The SMILES string of the molecule is CCc1nc(-c2ccc(Cl)cc2Cl)c(CC)nc1N[C@@H]1c2ccoc2CC[C@@H]1CC. The van der Waals surface area contributed by atoms with Gasteiger partial charge in [-0.2, -0.15) is 0 Å². The van der Waals surface area contributed by atoms with Gasteiger partial charge in [-0.1, -0.05) is 50.4 Å². The molecule has 0 saturated heterocycles. The monoisotopic (exact) mass is 443 g/mol. The standard InChI is InChI=1S/C24H27Cl2N3O/c1-4-14-7-10-21-17(11-12-30-21)22(14)29-24-20(6-3)27-23(19(5-2)28-24)16-9-8-15(25)13-18(16)26/h8-9,11-14,22H,4-7,10H2,1-3H3,(H,28,29)/t14-,22-/m0/s1. The Hall–Kier alpha value is -2.04. The first-order valence-electron chi connectivity index (χ1n) is 10.7. The molecule has 158 valence electrons. The number of anilines is 1. The van der Waals surface area contributed by atoms with Gasteiger partial charge >= 0.3 is 0 Å². The number of aromatic nitrogens is 2. The van der Waals surface area contributed by atoms with E-state index in [2.05, 4.69) is 32.2 Å². The molecule has 1 aliphatic rings. The van der Waals surface area contributed by atoms with Crippen molar-refractivity contribution in [2.24, 2.45) is 5.92 Å². The molecule has 2 heterocycles. The van der Waals surface area contributed by atoms with Crippen molar-refractivity contribution in [3.8, 4) is 11.3 Å². The average Bonchev–Trinajstić information content (AvgIpc) is 3.23. The number of rotatable bonds is 6. The zero-order chi connectivity index (χ0) is 21.3. The smallest absolute Gasteiger partial charge is 0.148 e. The summed E-state index contributed by atoms with van der Waals surface area (Å²) in [6, 6.07) is 7.80. The second-order valence-corrected chi connectivity index (χ2v) is 8.62. The van der Waals surface area contributed by atoms with Crippen molar-refractivity contribution in [3.05, 3.63) is 63.3 Å². The summed E-state index contributed by atoms with van der Waals surface area (Å²) >= 11 is 12.6. The lowest BCUT2D eigenvalue weighted by Crippen LogP contribution is -2.27. The normalized spacial score (nSPS) is 18.3. The third-order valence-electron chi connectivity index (χ3n) is 6.04. The van der Waals surface area contributed by atoms with Crippen molar-refractivity contribution in [2.75, 3.05) is 5.32 Å². The highest BCUT2D eigenvalue weighted by Crippen LogP contribution is 2.40. The van der Waals surface area contributed by atoms with Gasteiger partial charge in [0.15, 0.2) is 0 Å². The van der Waals surface area contributed by atoms with Crippen LogP contribution in [0.3, 0.4) is 0 Å². The minimum Gasteiger partial charge on any atom is -0.469 e. The van der Waals surface area contributed by atoms with Gasteiger partial charge in [0.2, 0.25) is 0 Å². The molecule has 0 amide bonds. The molecule has 30 heavy (non-hydrogen) atoms. The van der Waals surface area contributed by atoms with Gasteiger partial charge in [0.1, 0.15) is 11.6 Å². The molecule has 4 rings (SSSR count). The summed E-state index contributed by atoms with van der Waals surface area (Å²) in [6.07, 6.45) is 6.56. The van der Waals surface area contributed by atoms with Crippen molar-refractivity contribution in [1.82, 2.24) is 9.97 Å². The van der Waals surface area contributed by atoms with Crippen molar-refractivity contribution in [3.63, 3.8) is 0 Å². The van der Waals surface area contributed by atoms with Gasteiger partial charge < -0.3 is 9.73 Å². The molecule has 4 nitrogen and oxygen atoms in total. The number of halogens is 2. The molecular weight excluding hydrogens is 417 g/mol. The highest BCUT2D eigenvalue weighted by Gasteiger charge is 2.31. The van der Waals surface area contributed by atoms with E-state index in [1.807, 2.05) is 12.1 Å². The molecule has 6 heteroatoms. The molecule has 1 N–H and O–H groups in total. The minimum atomic E-state index is 0.187. The Kier molecular flexibility index (Phi) is 6.35. The fourth-order valence-electron chi connectivity index (χ4n) is 4.36. The zero-order valence-electron chi connectivity index (χ0n) is 17.6. The maximum atomic E-state index is 6.49. The summed E-state index contributed by atoms with van der Waals surface area (Å²) in [7, 11) is 0. The van der Waals surface area contributed by atoms with E-state index in [1.54, 1.807) is 12.3 Å². The first-order valence-corrected chi connectivity index (χ1v) is 11.5. The second-order valence-electron chi connectivity index (χ2n) is 7.77. The number of benzene rings is 1. The van der Waals surface area contributed by atoms with E-state index in [-0.39, 0.29) is 6.04 Å². The Morgan fingerprint density at radius 1 is 1.07 bits per heavy atom. The van der Waals surface area contributed by atoms with Gasteiger partial charge in [-0.25, -0.2) is 9.97 Å². The molecule has 0 radical (unpaired) electrons. The Labute approximate surface area is 188 Å². The van der Waals surface area contributed by atoms with Crippen molar-refractivity contribution in [2.45, 2.75) is 58.9 Å². The number of furan rings is 1. The van der Waals surface area contributed by atoms with Crippen LogP contribution < -0.4 is 5.32 Å². The van der Waals surface area contributed by atoms with Crippen LogP contribution in [0.2, 0.25) is 10.0 Å². The Balaban J connectivity index is 1.76. The molecule has 3 aromatic rings. The fourth-order valence-corrected chi connectivity index (χ4v) is 4.86. The molecule has 1 aliphatic carbocycles. The number of nitrogens with one attached hydrogen (secondary N) is 1. The van der Waals surface area contributed by atoms with E-state index in [1.165, 1.54) is 5.56 Å². The van der Waals surface area contributed by atoms with E-state index >= 15 is 0 Å². The van der Waals surface area contributed by atoms with Gasteiger partial charge in [0, 0.05) is 22.6 Å². The summed E-state index contributed by atoms with van der Waals surface area (Å²) < 4.78 is 5.72. The number of hydrogen-bond acceptors (Lipinski definition) is 4. The van der Waals surface area contributed by atoms with E-state index in [9.17, 15) is 0 Å². The lowest BCUT2D eigenvalue weighted by molar-refractivity contribution is 0.354. The summed E-state index contributed by atoms with van der Waals surface area (Å²) in [5, 5.41) is 4.94. The predicted octanol–water partition coefficient (Wildman–Crippen LogP) is 7.29. The number of aryl methyl sites for hydroxylation is 3. The number of hydrogen-bond donors (Lipinski definition) is 1. The van der Waals surface area contributed by atoms with Crippen LogP contribution in [0.25, 0.3) is 11.3 Å². The van der Waals surface area contributed by atoms with Crippen molar-refractivity contribution >= 4 is 29.0 Å². The maximum Gasteiger partial charge on any atom is 0.148 e. The Morgan fingerprint density at radius 2 is 1.87 bits per heavy atom. The topological polar surface area (TPSA) is 51.0 Å². The van der Waals surface area contributed by atoms with Crippen molar-refractivity contribution < 1.29 is 4.42 Å². The average molecular weight is 444 g/mol. The first-order chi connectivity index (χ1) is 14.5. The first kappa shape index (κ1) is 21.2. The molecule has 0 saturated carbocycles. The van der Waals surface area contributed by atoms with Crippen LogP contribution in [-0.2, 0) is 19.3 Å². The molecule has 2 aromatic heterocycles. The quantitative estimate of drug-likeness (QED) is 0.434. The van der Waals surface area contributed by atoms with Gasteiger partial charge in [-0.3, -0.25) is 0 Å². The molecule has 0 bridgehead atoms. The molecule has 0 fully saturated rings. The fraction of sp³-hybridized carbons (Fsp3) is 0.417. The van der Waals surface area contributed by atoms with E-state index in [0.29, 0.717) is 16.0 Å². The van der Waals surface area contributed by atoms with Gasteiger partial charge in [0.05, 0.1) is 34.4 Å². The van der Waals surface area contributed by atoms with Gasteiger partial charge in [-0.15, -0.1) is 0 Å². The maximum absolute atomic E-state index is 6.49. The van der Waals surface area contributed by atoms with Gasteiger partial charge in [0.25, 0.3) is 0 Å². The van der Waals surface area contributed by atoms with Crippen LogP contribution in [-0.4, -0.2) is 9.97 Å². The van der Waals surface area contributed by atoms with Crippen LogP contribution in [0.1, 0.15) is 62.4 Å². The zero-order valence-corrected chi connectivity index (χ0v) is 19.1. The Bertz CT molecular complexity index is 1050. The van der Waals surface area contributed by atoms with Crippen molar-refractivity contribution in [1.29, 1.82) is 0 Å². The van der Waals surface area contributed by atoms with E-state index < -0.39 is 0 Å². The Morgan fingerprint density at radius 3 is 2.57 bits per heavy atom. The summed E-state index contributed by atoms with van der Waals surface area (Å²) in [4.78, 5) is 10.0. The van der Waals surface area contributed by atoms with Crippen LogP contribution in [0.15, 0.2) is 34.9 Å². The minimum absolute atomic E-state index is 0.187. The van der Waals surface area contributed by atoms with Crippen LogP contribution in [0.5, 0.6) is 0 Å². The van der Waals surface area contributed by atoms with Crippen LogP contribution in [0.4, 0.5) is 5.82 Å². The molecule has 0 aliphatic heterocycles. The summed E-state index contributed by atoms with van der Waals surface area (Å²) in [6.45, 7) is 6.45. The number of nitrogens with zero attached hydrogens (tertiary/aromatic N) is 2. The molecule has 0 unspecified atom stereocenters. The molecular formula is C24H27Cl2N3O. The van der Waals surface area contributed by atoms with E-state index in [4.69, 9.17) is 37.6 Å². The highest BCUT2D eigenvalue weighted by atomic mass is 35.5. The molecule has 2 atom stereocenters. The largest absolute Gasteiger partial charge is 0.469 e. The van der Waals surface area contributed by atoms with E-state index in [0.717, 1.165) is 66.3 Å². The molecule has 1 aromatic carbocycles. The third kappa shape index (κ3) is 3.95. The van der Waals surface area contributed by atoms with Crippen LogP contribution >= 0.6 is 23.2 Å². The highest BCUT2D eigenvalue weighted by molar-refractivity contribution is 6.36. The summed E-state index contributed by atoms with van der Waals surface area (Å²) in [5.74, 6) is 2.49. The van der Waals surface area contributed by atoms with Crippen LogP contribution in [0, 0.1) is 5.92 Å².